The van der Waals surface area contributed by atoms with E-state index in [1.165, 1.54) is 4.68 Å². The van der Waals surface area contributed by atoms with E-state index in [1.54, 1.807) is 12.1 Å². The van der Waals surface area contributed by atoms with Crippen LogP contribution in [0.4, 0.5) is 0 Å². The Morgan fingerprint density at radius 1 is 1.10 bits per heavy atom. The number of carbonyl (C=O) groups is 1. The third kappa shape index (κ3) is 3.50. The molecule has 1 fully saturated rings. The van der Waals surface area contributed by atoms with Crippen molar-refractivity contribution in [2.24, 2.45) is 0 Å². The van der Waals surface area contributed by atoms with Gasteiger partial charge in [-0.25, -0.2) is 4.68 Å². The van der Waals surface area contributed by atoms with E-state index in [1.807, 2.05) is 55.1 Å². The molecule has 3 aromatic rings. The first kappa shape index (κ1) is 19.2. The molecule has 6 nitrogen and oxygen atoms in total. The summed E-state index contributed by atoms with van der Waals surface area (Å²) in [4.78, 5) is 28.0. The van der Waals surface area contributed by atoms with Crippen LogP contribution in [0.1, 0.15) is 48.8 Å². The zero-order valence-electron chi connectivity index (χ0n) is 16.8. The minimum atomic E-state index is -0.163. The second kappa shape index (κ2) is 8.07. The predicted octanol–water partition coefficient (Wildman–Crippen LogP) is 3.79. The number of ether oxygens (including phenoxy) is 1. The molecule has 1 atom stereocenters. The smallest absolute Gasteiger partial charge is 0.275 e. The van der Waals surface area contributed by atoms with Crippen LogP contribution in [-0.2, 0) is 6.54 Å². The molecule has 0 bridgehead atoms. The highest BCUT2D eigenvalue weighted by Crippen LogP contribution is 2.34. The van der Waals surface area contributed by atoms with E-state index in [0.717, 1.165) is 24.2 Å². The molecule has 4 rings (SSSR count). The van der Waals surface area contributed by atoms with Crippen molar-refractivity contribution < 1.29 is 9.53 Å². The van der Waals surface area contributed by atoms with E-state index < -0.39 is 0 Å². The van der Waals surface area contributed by atoms with Crippen LogP contribution in [0.2, 0.25) is 0 Å². The molecular formula is C23H25N3O3. The van der Waals surface area contributed by atoms with Crippen LogP contribution in [0.5, 0.6) is 5.75 Å². The minimum absolute atomic E-state index is 0.000688. The topological polar surface area (TPSA) is 64.4 Å². The van der Waals surface area contributed by atoms with Crippen LogP contribution in [0.3, 0.4) is 0 Å². The first-order chi connectivity index (χ1) is 14.1. The molecule has 1 saturated heterocycles. The summed E-state index contributed by atoms with van der Waals surface area (Å²) in [7, 11) is 0. The Morgan fingerprint density at radius 2 is 1.83 bits per heavy atom. The highest BCUT2D eigenvalue weighted by atomic mass is 16.5. The lowest BCUT2D eigenvalue weighted by Crippen LogP contribution is -2.34. The molecule has 29 heavy (non-hydrogen) atoms. The molecule has 0 aliphatic carbocycles. The number of fused-ring (bicyclic) bond motifs is 1. The van der Waals surface area contributed by atoms with Crippen molar-refractivity contribution >= 4 is 16.7 Å². The molecule has 0 spiro atoms. The number of hydrogen-bond acceptors (Lipinski definition) is 4. The van der Waals surface area contributed by atoms with Crippen molar-refractivity contribution in [3.8, 4) is 5.75 Å². The number of hydrogen-bond donors (Lipinski definition) is 0. The summed E-state index contributed by atoms with van der Waals surface area (Å²) in [5.74, 6) is 0.703. The lowest BCUT2D eigenvalue weighted by atomic mass is 10.0. The maximum atomic E-state index is 13.5. The first-order valence-electron chi connectivity index (χ1n) is 10.2. The van der Waals surface area contributed by atoms with Gasteiger partial charge in [-0.15, -0.1) is 0 Å². The first-order valence-corrected chi connectivity index (χ1v) is 10.2. The Balaban J connectivity index is 1.72. The SMILES string of the molecule is CCOc1ccc(C2CCCN2C(=O)c2nn(CC)c(=O)c3ccccc23)cc1. The van der Waals surface area contributed by atoms with Crippen LogP contribution < -0.4 is 10.3 Å². The molecule has 1 aliphatic heterocycles. The van der Waals surface area contributed by atoms with Crippen molar-refractivity contribution in [2.45, 2.75) is 39.3 Å². The van der Waals surface area contributed by atoms with Gasteiger partial charge in [0.25, 0.3) is 11.5 Å². The summed E-state index contributed by atoms with van der Waals surface area (Å²) in [6, 6.07) is 15.2. The lowest BCUT2D eigenvalue weighted by molar-refractivity contribution is 0.0729. The Morgan fingerprint density at radius 3 is 2.52 bits per heavy atom. The average Bonchev–Trinajstić information content (AvgIpc) is 3.24. The second-order valence-electron chi connectivity index (χ2n) is 7.17. The van der Waals surface area contributed by atoms with Gasteiger partial charge in [-0.2, -0.15) is 5.10 Å². The molecule has 0 saturated carbocycles. The highest BCUT2D eigenvalue weighted by molar-refractivity contribution is 6.05. The van der Waals surface area contributed by atoms with Gasteiger partial charge in [0, 0.05) is 18.5 Å². The zero-order chi connectivity index (χ0) is 20.4. The summed E-state index contributed by atoms with van der Waals surface area (Å²) >= 11 is 0. The van der Waals surface area contributed by atoms with Crippen molar-refractivity contribution in [3.63, 3.8) is 0 Å². The molecule has 1 unspecified atom stereocenters. The molecule has 1 amide bonds. The lowest BCUT2D eigenvalue weighted by Gasteiger charge is -2.25. The van der Waals surface area contributed by atoms with Crippen LogP contribution >= 0.6 is 0 Å². The van der Waals surface area contributed by atoms with Gasteiger partial charge >= 0.3 is 0 Å². The molecule has 2 aromatic carbocycles. The van der Waals surface area contributed by atoms with Crippen molar-refractivity contribution in [1.29, 1.82) is 0 Å². The fourth-order valence-corrected chi connectivity index (χ4v) is 4.05. The maximum Gasteiger partial charge on any atom is 0.275 e. The fraction of sp³-hybridized carbons (Fsp3) is 0.348. The summed E-state index contributed by atoms with van der Waals surface area (Å²) in [6.45, 7) is 5.54. The Labute approximate surface area is 169 Å². The average molecular weight is 391 g/mol. The van der Waals surface area contributed by atoms with E-state index in [2.05, 4.69) is 5.10 Å². The zero-order valence-corrected chi connectivity index (χ0v) is 16.8. The van der Waals surface area contributed by atoms with Gasteiger partial charge < -0.3 is 9.64 Å². The molecule has 1 aromatic heterocycles. The standard InChI is InChI=1S/C23H25N3O3/c1-3-26-22(27)19-9-6-5-8-18(19)21(24-26)23(28)25-15-7-10-20(25)16-11-13-17(14-12-16)29-4-2/h5-6,8-9,11-14,20H,3-4,7,10,15H2,1-2H3. The van der Waals surface area contributed by atoms with Crippen molar-refractivity contribution in [1.82, 2.24) is 14.7 Å². The van der Waals surface area contributed by atoms with Gasteiger partial charge in [0.1, 0.15) is 5.75 Å². The molecule has 6 heteroatoms. The molecule has 1 aliphatic rings. The van der Waals surface area contributed by atoms with Gasteiger partial charge in [-0.3, -0.25) is 9.59 Å². The predicted molar refractivity (Wildman–Crippen MR) is 112 cm³/mol. The molecular weight excluding hydrogens is 366 g/mol. The van der Waals surface area contributed by atoms with E-state index in [4.69, 9.17) is 4.74 Å². The Bertz CT molecular complexity index is 1090. The Kier molecular flexibility index (Phi) is 5.34. The number of benzene rings is 2. The summed E-state index contributed by atoms with van der Waals surface area (Å²) in [5, 5.41) is 5.57. The molecule has 0 N–H and O–H groups in total. The molecule has 2 heterocycles. The largest absolute Gasteiger partial charge is 0.494 e. The van der Waals surface area contributed by atoms with Crippen LogP contribution in [0.25, 0.3) is 10.8 Å². The second-order valence-corrected chi connectivity index (χ2v) is 7.17. The third-order valence-corrected chi connectivity index (χ3v) is 5.46. The summed E-state index contributed by atoms with van der Waals surface area (Å²) < 4.78 is 6.90. The molecule has 0 radical (unpaired) electrons. The number of aryl methyl sites for hydroxylation is 1. The van der Waals surface area contributed by atoms with Crippen LogP contribution in [0.15, 0.2) is 53.3 Å². The van der Waals surface area contributed by atoms with Gasteiger partial charge in [0.2, 0.25) is 0 Å². The summed E-state index contributed by atoms with van der Waals surface area (Å²) in [6.07, 6.45) is 1.85. The number of nitrogens with zero attached hydrogens (tertiary/aromatic N) is 3. The van der Waals surface area contributed by atoms with Gasteiger partial charge in [0.15, 0.2) is 5.69 Å². The number of amides is 1. The molecule has 150 valence electrons. The van der Waals surface area contributed by atoms with Gasteiger partial charge in [-0.1, -0.05) is 30.3 Å². The quantitative estimate of drug-likeness (QED) is 0.664. The van der Waals surface area contributed by atoms with E-state index in [0.29, 0.717) is 36.2 Å². The van der Waals surface area contributed by atoms with E-state index in [9.17, 15) is 9.59 Å². The number of likely N-dealkylation sites (tertiary alicyclic amines) is 1. The normalized spacial score (nSPS) is 16.3. The van der Waals surface area contributed by atoms with Crippen molar-refractivity contribution in [2.75, 3.05) is 13.2 Å². The number of rotatable bonds is 5. The minimum Gasteiger partial charge on any atom is -0.494 e. The van der Waals surface area contributed by atoms with Gasteiger partial charge in [0.05, 0.1) is 18.0 Å². The fourth-order valence-electron chi connectivity index (χ4n) is 4.05. The number of aromatic nitrogens is 2. The van der Waals surface area contributed by atoms with Crippen LogP contribution in [0, 0.1) is 0 Å². The van der Waals surface area contributed by atoms with Crippen LogP contribution in [-0.4, -0.2) is 33.7 Å². The third-order valence-electron chi connectivity index (χ3n) is 5.46. The van der Waals surface area contributed by atoms with Crippen molar-refractivity contribution in [3.05, 3.63) is 70.1 Å². The summed E-state index contributed by atoms with van der Waals surface area (Å²) in [5.41, 5.74) is 1.27. The number of carbonyl (C=O) groups excluding carboxylic acids is 1. The monoisotopic (exact) mass is 391 g/mol. The maximum absolute atomic E-state index is 13.5. The van der Waals surface area contributed by atoms with Gasteiger partial charge in [-0.05, 0) is 50.5 Å². The van der Waals surface area contributed by atoms with E-state index in [-0.39, 0.29) is 17.5 Å². The highest BCUT2D eigenvalue weighted by Gasteiger charge is 2.32. The Hall–Kier alpha value is -3.15. The van der Waals surface area contributed by atoms with E-state index >= 15 is 0 Å².